The topological polar surface area (TPSA) is 18.5 Å². The van der Waals surface area contributed by atoms with E-state index in [1.165, 1.54) is 0 Å². The minimum absolute atomic E-state index is 0.760. The van der Waals surface area contributed by atoms with Gasteiger partial charge in [0.25, 0.3) is 0 Å². The second-order valence-electron chi connectivity index (χ2n) is 7.14. The van der Waals surface area contributed by atoms with E-state index in [4.69, 9.17) is 0 Å². The van der Waals surface area contributed by atoms with Gasteiger partial charge < -0.3 is 0 Å². The van der Waals surface area contributed by atoms with Crippen LogP contribution in [0.15, 0.2) is 0 Å². The fourth-order valence-electron chi connectivity index (χ4n) is 1.83. The number of halogens is 27. The summed E-state index contributed by atoms with van der Waals surface area (Å²) in [4.78, 5) is 0. The molecule has 254 valence electrons. The van der Waals surface area contributed by atoms with Gasteiger partial charge in [0, 0.05) is 0 Å². The van der Waals surface area contributed by atoms with E-state index < -0.39 is 78.5 Å². The minimum Gasteiger partial charge on any atom is -0.245 e. The Balaban J connectivity index is 6.80. The summed E-state index contributed by atoms with van der Waals surface area (Å²) in [5.41, 5.74) is 0. The van der Waals surface area contributed by atoms with Crippen LogP contribution in [0.3, 0.4) is 0 Å². The molecule has 0 saturated heterocycles. The third-order valence-corrected chi connectivity index (χ3v) is 4.21. The van der Waals surface area contributed by atoms with Crippen LogP contribution in [-0.4, -0.2) is 78.5 Å². The first kappa shape index (κ1) is 40.0. The average molecular weight is 702 g/mol. The summed E-state index contributed by atoms with van der Waals surface area (Å²) in [7, 11) is 0. The third-order valence-electron chi connectivity index (χ3n) is 4.21. The second kappa shape index (κ2) is 10.0. The zero-order valence-electron chi connectivity index (χ0n) is 17.6. The molecule has 0 aromatic carbocycles. The van der Waals surface area contributed by atoms with Crippen LogP contribution in [0.1, 0.15) is 0 Å². The molecular formula is C13HF27O2. The first-order chi connectivity index (χ1) is 17.6. The molecule has 0 fully saturated rings. The number of hydrogen-bond acceptors (Lipinski definition) is 2. The Bertz CT molecular complexity index is 958. The van der Waals surface area contributed by atoms with Gasteiger partial charge in [-0.15, -0.1) is 0 Å². The predicted molar refractivity (Wildman–Crippen MR) is 68.6 cm³/mol. The number of alkyl halides is 27. The average Bonchev–Trinajstić information content (AvgIpc) is 2.70. The maximum absolute atomic E-state index is 13.4. The van der Waals surface area contributed by atoms with E-state index in [9.17, 15) is 119 Å². The van der Waals surface area contributed by atoms with Crippen molar-refractivity contribution in [3.05, 3.63) is 0 Å². The zero-order valence-corrected chi connectivity index (χ0v) is 17.6. The molecule has 0 atom stereocenters. The van der Waals surface area contributed by atoms with Gasteiger partial charge in [-0.25, -0.2) is 18.3 Å². The van der Waals surface area contributed by atoms with E-state index in [-0.39, 0.29) is 0 Å². The molecule has 0 aromatic heterocycles. The molecular weight excluding hydrogens is 701 g/mol. The fourth-order valence-corrected chi connectivity index (χ4v) is 1.83. The van der Waals surface area contributed by atoms with Crippen LogP contribution in [0.2, 0.25) is 0 Å². The summed E-state index contributed by atoms with van der Waals surface area (Å²) in [5.74, 6) is -60.3. The minimum atomic E-state index is -9.23. The van der Waals surface area contributed by atoms with Crippen LogP contribution in [0, 0.1) is 0 Å². The Morgan fingerprint density at radius 2 is 0.500 bits per heavy atom. The highest BCUT2D eigenvalue weighted by Crippen LogP contribution is 2.62. The van der Waals surface area contributed by atoms with Crippen LogP contribution in [0.25, 0.3) is 0 Å². The molecule has 0 aromatic rings. The van der Waals surface area contributed by atoms with Gasteiger partial charge in [0.2, 0.25) is 0 Å². The number of ether oxygens (including phenoxy) is 2. The first-order valence-corrected chi connectivity index (χ1v) is 8.52. The maximum atomic E-state index is 13.4. The van der Waals surface area contributed by atoms with E-state index in [1.807, 2.05) is 0 Å². The molecule has 2 nitrogen and oxygen atoms in total. The highest BCUT2D eigenvalue weighted by Gasteiger charge is 2.92. The molecule has 0 radical (unpaired) electrons. The molecule has 0 N–H and O–H groups in total. The SMILES string of the molecule is FC(F)C(F)(F)C(F)(F)C(F)(F)OC(F)(F)C(F)(F)C(F)(F)C(F)(F)C(F)(F)OC(F)(F)C(F)(F)C(F)(F)C(F)(F)F. The van der Waals surface area contributed by atoms with Gasteiger partial charge in [-0.3, -0.25) is 0 Å². The Morgan fingerprint density at radius 1 is 0.286 bits per heavy atom. The zero-order chi connectivity index (χ0) is 35.0. The lowest BCUT2D eigenvalue weighted by molar-refractivity contribution is -0.540. The van der Waals surface area contributed by atoms with E-state index in [2.05, 4.69) is 0 Å². The third kappa shape index (κ3) is 5.54. The van der Waals surface area contributed by atoms with Crippen molar-refractivity contribution < 1.29 is 128 Å². The van der Waals surface area contributed by atoms with Crippen LogP contribution < -0.4 is 0 Å². The molecule has 0 heterocycles. The van der Waals surface area contributed by atoms with Gasteiger partial charge in [-0.1, -0.05) is 0 Å². The Hall–Kier alpha value is -1.97. The quantitative estimate of drug-likeness (QED) is 0.179. The molecule has 42 heavy (non-hydrogen) atoms. The van der Waals surface area contributed by atoms with E-state index in [0.29, 0.717) is 0 Å². The summed E-state index contributed by atoms with van der Waals surface area (Å²) in [6.45, 7) is 0. The monoisotopic (exact) mass is 702 g/mol. The predicted octanol–water partition coefficient (Wildman–Crippen LogP) is 8.67. The van der Waals surface area contributed by atoms with Gasteiger partial charge in [-0.05, 0) is 0 Å². The van der Waals surface area contributed by atoms with Crippen LogP contribution in [0.4, 0.5) is 119 Å². The highest BCUT2D eigenvalue weighted by molar-refractivity contribution is 5.06. The summed E-state index contributed by atoms with van der Waals surface area (Å²) >= 11 is 0. The summed E-state index contributed by atoms with van der Waals surface area (Å²) in [5, 5.41) is 0. The number of rotatable bonds is 13. The number of hydrogen-bond donors (Lipinski definition) is 0. The Kier molecular flexibility index (Phi) is 9.56. The van der Waals surface area contributed by atoms with Crippen LogP contribution >= 0.6 is 0 Å². The van der Waals surface area contributed by atoms with Gasteiger partial charge in [0.15, 0.2) is 0 Å². The van der Waals surface area contributed by atoms with Crippen molar-refractivity contribution >= 4 is 0 Å². The molecule has 0 aliphatic rings. The van der Waals surface area contributed by atoms with Gasteiger partial charge in [0.05, 0.1) is 0 Å². The second-order valence-corrected chi connectivity index (χ2v) is 7.14. The van der Waals surface area contributed by atoms with Crippen molar-refractivity contribution in [2.45, 2.75) is 78.5 Å². The Labute approximate surface area is 208 Å². The lowest BCUT2D eigenvalue weighted by Crippen LogP contribution is -2.71. The van der Waals surface area contributed by atoms with Gasteiger partial charge >= 0.3 is 78.5 Å². The van der Waals surface area contributed by atoms with E-state index in [0.717, 1.165) is 9.47 Å². The molecule has 0 aliphatic heterocycles. The summed E-state index contributed by atoms with van der Waals surface area (Å²) in [6.07, 6.45) is -48.4. The van der Waals surface area contributed by atoms with E-state index >= 15 is 0 Å². The fraction of sp³-hybridized carbons (Fsp3) is 1.00. The van der Waals surface area contributed by atoms with Crippen molar-refractivity contribution in [1.82, 2.24) is 0 Å². The molecule has 0 amide bonds. The van der Waals surface area contributed by atoms with Crippen molar-refractivity contribution in [2.24, 2.45) is 0 Å². The largest absolute Gasteiger partial charge is 0.460 e. The highest BCUT2D eigenvalue weighted by atomic mass is 19.4. The summed E-state index contributed by atoms with van der Waals surface area (Å²) in [6, 6.07) is 0. The lowest BCUT2D eigenvalue weighted by atomic mass is 10.0. The van der Waals surface area contributed by atoms with Crippen molar-refractivity contribution in [3.63, 3.8) is 0 Å². The lowest BCUT2D eigenvalue weighted by Gasteiger charge is -2.41. The van der Waals surface area contributed by atoms with Gasteiger partial charge in [0.1, 0.15) is 0 Å². The molecule has 0 saturated carbocycles. The van der Waals surface area contributed by atoms with Gasteiger partial charge in [-0.2, -0.15) is 110 Å². The molecule has 29 heteroatoms. The van der Waals surface area contributed by atoms with E-state index in [1.54, 1.807) is 0 Å². The van der Waals surface area contributed by atoms with Crippen molar-refractivity contribution in [3.8, 4) is 0 Å². The van der Waals surface area contributed by atoms with Crippen molar-refractivity contribution in [2.75, 3.05) is 0 Å². The maximum Gasteiger partial charge on any atom is 0.460 e. The molecule has 0 spiro atoms. The Morgan fingerprint density at radius 3 is 0.714 bits per heavy atom. The molecule has 0 bridgehead atoms. The van der Waals surface area contributed by atoms with Crippen LogP contribution in [-0.2, 0) is 9.47 Å². The van der Waals surface area contributed by atoms with Crippen LogP contribution in [0.5, 0.6) is 0 Å². The molecule has 0 unspecified atom stereocenters. The summed E-state index contributed by atoms with van der Waals surface area (Å²) < 4.78 is 348. The molecule has 0 rings (SSSR count). The standard InChI is InChI=1S/C13HF27O2/c14-1(15)2(16,17)3(18,19)10(33,34)41-11(35,36)6(24,25)4(20,21)7(26,27)12(37,38)42-13(39,40)8(28,29)5(22,23)9(30,31)32/h1H. The van der Waals surface area contributed by atoms with Crippen molar-refractivity contribution in [1.29, 1.82) is 0 Å². The first-order valence-electron chi connectivity index (χ1n) is 8.52. The smallest absolute Gasteiger partial charge is 0.245 e. The molecule has 0 aliphatic carbocycles. The normalized spacial score (nSPS) is 16.9.